The fourth-order valence-electron chi connectivity index (χ4n) is 2.47. The number of aromatic hydroxyl groups is 1. The maximum Gasteiger partial charge on any atom is 0.258 e. The van der Waals surface area contributed by atoms with Crippen molar-refractivity contribution >= 4 is 0 Å². The number of rotatable bonds is 2. The molecule has 0 amide bonds. The van der Waals surface area contributed by atoms with E-state index in [1.54, 1.807) is 0 Å². The van der Waals surface area contributed by atoms with Crippen molar-refractivity contribution < 1.29 is 5.11 Å². The quantitative estimate of drug-likeness (QED) is 0.723. The second-order valence-corrected chi connectivity index (χ2v) is 5.17. The van der Waals surface area contributed by atoms with Crippen molar-refractivity contribution in [2.75, 3.05) is 0 Å². The van der Waals surface area contributed by atoms with Crippen LogP contribution in [0.25, 0.3) is 0 Å². The van der Waals surface area contributed by atoms with Crippen LogP contribution in [0.4, 0.5) is 0 Å². The summed E-state index contributed by atoms with van der Waals surface area (Å²) in [7, 11) is 0. The third kappa shape index (κ3) is 2.07. The molecule has 1 saturated carbocycles. The topological polar surface area (TPSA) is 92.0 Å². The molecule has 5 heteroatoms. The van der Waals surface area contributed by atoms with E-state index in [1.165, 1.54) is 0 Å². The van der Waals surface area contributed by atoms with Gasteiger partial charge < -0.3 is 15.8 Å². The van der Waals surface area contributed by atoms with Crippen molar-refractivity contribution in [3.63, 3.8) is 0 Å². The fourth-order valence-corrected chi connectivity index (χ4v) is 2.47. The number of nitrogens with two attached hydrogens (primary N) is 1. The number of hydrogen-bond acceptors (Lipinski definition) is 4. The Balaban J connectivity index is 2.49. The first-order valence-corrected chi connectivity index (χ1v) is 6.06. The molecule has 94 valence electrons. The van der Waals surface area contributed by atoms with Crippen molar-refractivity contribution in [2.24, 2.45) is 5.73 Å². The van der Waals surface area contributed by atoms with Gasteiger partial charge in [-0.1, -0.05) is 26.7 Å². The first-order valence-electron chi connectivity index (χ1n) is 6.06. The zero-order valence-electron chi connectivity index (χ0n) is 10.3. The predicted molar refractivity (Wildman–Crippen MR) is 64.9 cm³/mol. The van der Waals surface area contributed by atoms with Gasteiger partial charge in [-0.2, -0.15) is 4.98 Å². The average Bonchev–Trinajstić information content (AvgIpc) is 2.64. The summed E-state index contributed by atoms with van der Waals surface area (Å²) in [5.74, 6) is 0.176. The Hall–Kier alpha value is -1.36. The third-order valence-electron chi connectivity index (χ3n) is 3.48. The van der Waals surface area contributed by atoms with E-state index in [0.717, 1.165) is 25.7 Å². The van der Waals surface area contributed by atoms with E-state index in [0.29, 0.717) is 11.4 Å². The van der Waals surface area contributed by atoms with Crippen LogP contribution in [-0.4, -0.2) is 15.1 Å². The minimum Gasteiger partial charge on any atom is -0.493 e. The molecule has 0 saturated heterocycles. The third-order valence-corrected chi connectivity index (χ3v) is 3.48. The lowest BCUT2D eigenvalue weighted by molar-refractivity contribution is 0.394. The minimum atomic E-state index is -0.577. The molecule has 1 fully saturated rings. The van der Waals surface area contributed by atoms with Crippen LogP contribution in [0.5, 0.6) is 5.88 Å². The van der Waals surface area contributed by atoms with Gasteiger partial charge in [0, 0.05) is 0 Å². The monoisotopic (exact) mass is 237 g/mol. The lowest BCUT2D eigenvalue weighted by Gasteiger charge is -2.22. The van der Waals surface area contributed by atoms with Crippen molar-refractivity contribution in [2.45, 2.75) is 51.0 Å². The number of nitrogens with one attached hydrogen (secondary N) is 1. The number of H-pyrrole nitrogens is 1. The number of hydrogen-bond donors (Lipinski definition) is 3. The molecule has 5 nitrogen and oxygen atoms in total. The first-order chi connectivity index (χ1) is 7.94. The minimum absolute atomic E-state index is 0.0578. The van der Waals surface area contributed by atoms with Crippen molar-refractivity contribution in [1.82, 2.24) is 9.97 Å². The highest BCUT2D eigenvalue weighted by molar-refractivity contribution is 5.27. The molecule has 1 aromatic heterocycles. The van der Waals surface area contributed by atoms with Crippen LogP contribution in [0, 0.1) is 0 Å². The van der Waals surface area contributed by atoms with Gasteiger partial charge in [0.2, 0.25) is 5.88 Å². The zero-order chi connectivity index (χ0) is 12.6. The summed E-state index contributed by atoms with van der Waals surface area (Å²) in [4.78, 5) is 18.7. The van der Waals surface area contributed by atoms with Crippen LogP contribution in [0.2, 0.25) is 0 Å². The van der Waals surface area contributed by atoms with Gasteiger partial charge in [-0.25, -0.2) is 0 Å². The molecule has 0 aromatic carbocycles. The highest BCUT2D eigenvalue weighted by Gasteiger charge is 2.34. The number of aromatic amines is 1. The van der Waals surface area contributed by atoms with Gasteiger partial charge in [0.15, 0.2) is 0 Å². The highest BCUT2D eigenvalue weighted by Crippen LogP contribution is 2.34. The molecule has 1 aromatic rings. The lowest BCUT2D eigenvalue weighted by atomic mass is 9.97. The molecule has 0 spiro atoms. The highest BCUT2D eigenvalue weighted by atomic mass is 16.3. The molecule has 0 bridgehead atoms. The number of aromatic nitrogens is 2. The lowest BCUT2D eigenvalue weighted by Crippen LogP contribution is -2.37. The van der Waals surface area contributed by atoms with Crippen LogP contribution >= 0.6 is 0 Å². The maximum absolute atomic E-state index is 11.9. The molecule has 0 aliphatic heterocycles. The second kappa shape index (κ2) is 4.14. The van der Waals surface area contributed by atoms with Gasteiger partial charge in [-0.3, -0.25) is 4.79 Å². The Bertz CT molecular complexity index is 473. The van der Waals surface area contributed by atoms with Gasteiger partial charge in [-0.05, 0) is 18.8 Å². The summed E-state index contributed by atoms with van der Waals surface area (Å²) >= 11 is 0. The molecular weight excluding hydrogens is 218 g/mol. The molecule has 1 aliphatic rings. The van der Waals surface area contributed by atoms with E-state index in [-0.39, 0.29) is 17.4 Å². The standard InChI is InChI=1S/C12H19N3O2/c1-7(2)8-9(16)14-11(15-10(8)17)12(13)5-3-4-6-12/h7H,3-6,13H2,1-2H3,(H2,14,15,16,17). The van der Waals surface area contributed by atoms with Crippen LogP contribution in [-0.2, 0) is 5.54 Å². The summed E-state index contributed by atoms with van der Waals surface area (Å²) in [5, 5.41) is 9.83. The van der Waals surface area contributed by atoms with Crippen molar-refractivity contribution in [1.29, 1.82) is 0 Å². The molecule has 1 heterocycles. The van der Waals surface area contributed by atoms with Gasteiger partial charge in [-0.15, -0.1) is 0 Å². The molecule has 0 radical (unpaired) electrons. The Kier molecular flexibility index (Phi) is 2.95. The Morgan fingerprint density at radius 2 is 2.00 bits per heavy atom. The first kappa shape index (κ1) is 12.1. The molecular formula is C12H19N3O2. The molecule has 4 N–H and O–H groups in total. The molecule has 17 heavy (non-hydrogen) atoms. The van der Waals surface area contributed by atoms with Crippen LogP contribution in [0.1, 0.15) is 56.8 Å². The van der Waals surface area contributed by atoms with E-state index in [4.69, 9.17) is 5.73 Å². The summed E-state index contributed by atoms with van der Waals surface area (Å²) in [6, 6.07) is 0. The van der Waals surface area contributed by atoms with Crippen molar-refractivity contribution in [3.05, 3.63) is 21.7 Å². The summed E-state index contributed by atoms with van der Waals surface area (Å²) < 4.78 is 0. The van der Waals surface area contributed by atoms with Gasteiger partial charge in [0.25, 0.3) is 5.56 Å². The fraction of sp³-hybridized carbons (Fsp3) is 0.667. The summed E-state index contributed by atoms with van der Waals surface area (Å²) in [6.45, 7) is 3.69. The predicted octanol–water partition coefficient (Wildman–Crippen LogP) is 1.33. The summed E-state index contributed by atoms with van der Waals surface area (Å²) in [6.07, 6.45) is 3.67. The van der Waals surface area contributed by atoms with Gasteiger partial charge >= 0.3 is 0 Å². The second-order valence-electron chi connectivity index (χ2n) is 5.17. The number of nitrogens with zero attached hydrogens (tertiary/aromatic N) is 1. The van der Waals surface area contributed by atoms with Gasteiger partial charge in [0.05, 0.1) is 11.1 Å². The van der Waals surface area contributed by atoms with E-state index < -0.39 is 5.54 Å². The van der Waals surface area contributed by atoms with E-state index in [2.05, 4.69) is 9.97 Å². The van der Waals surface area contributed by atoms with Crippen LogP contribution in [0.15, 0.2) is 4.79 Å². The largest absolute Gasteiger partial charge is 0.493 e. The Morgan fingerprint density at radius 3 is 2.47 bits per heavy atom. The molecule has 0 atom stereocenters. The van der Waals surface area contributed by atoms with Gasteiger partial charge in [0.1, 0.15) is 5.82 Å². The zero-order valence-corrected chi connectivity index (χ0v) is 10.3. The van der Waals surface area contributed by atoms with Crippen LogP contribution in [0.3, 0.4) is 0 Å². The van der Waals surface area contributed by atoms with E-state index in [1.807, 2.05) is 13.8 Å². The molecule has 1 aliphatic carbocycles. The van der Waals surface area contributed by atoms with Crippen molar-refractivity contribution in [3.8, 4) is 5.88 Å². The smallest absolute Gasteiger partial charge is 0.258 e. The Morgan fingerprint density at radius 1 is 1.41 bits per heavy atom. The van der Waals surface area contributed by atoms with Crippen LogP contribution < -0.4 is 11.3 Å². The molecule has 2 rings (SSSR count). The maximum atomic E-state index is 11.9. The van der Waals surface area contributed by atoms with E-state index >= 15 is 0 Å². The normalized spacial score (nSPS) is 18.8. The Labute approximate surface area is 100 Å². The molecule has 0 unspecified atom stereocenters. The van der Waals surface area contributed by atoms with E-state index in [9.17, 15) is 9.90 Å². The SMILES string of the molecule is CC(C)c1c(O)nc(C2(N)CCCC2)[nH]c1=O. The summed E-state index contributed by atoms with van der Waals surface area (Å²) in [5.41, 5.74) is 5.67. The average molecular weight is 237 g/mol.